The molecule has 1 aromatic carbocycles. The summed E-state index contributed by atoms with van der Waals surface area (Å²) in [5.41, 5.74) is 0.845. The molecule has 11 heavy (non-hydrogen) atoms. The van der Waals surface area contributed by atoms with E-state index in [1.807, 2.05) is 0 Å². The average molecular weight is 146 g/mol. The summed E-state index contributed by atoms with van der Waals surface area (Å²) < 4.78 is 0. The first kappa shape index (κ1) is 6.09. The first-order chi connectivity index (χ1) is 5.36. The van der Waals surface area contributed by atoms with Crippen LogP contribution >= 0.6 is 0 Å². The summed E-state index contributed by atoms with van der Waals surface area (Å²) in [5.74, 6) is 0.243. The maximum Gasteiger partial charge on any atom is 0.116 e. The highest BCUT2D eigenvalue weighted by Gasteiger charge is 1.93. The van der Waals surface area contributed by atoms with Crippen LogP contribution in [0.2, 0.25) is 0 Å². The lowest BCUT2D eigenvalue weighted by Gasteiger charge is -1.94. The maximum absolute atomic E-state index is 9.07. The van der Waals surface area contributed by atoms with Crippen molar-refractivity contribution in [3.8, 4) is 5.75 Å². The lowest BCUT2D eigenvalue weighted by atomic mass is 10.2. The Morgan fingerprint density at radius 2 is 2.18 bits per heavy atom. The summed E-state index contributed by atoms with van der Waals surface area (Å²) in [6.45, 7) is 0. The molecule has 0 bridgehead atoms. The maximum atomic E-state index is 9.07. The molecule has 0 aliphatic rings. The Labute approximate surface area is 63.3 Å². The van der Waals surface area contributed by atoms with Gasteiger partial charge in [0.2, 0.25) is 0 Å². The zero-order valence-electron chi connectivity index (χ0n) is 5.73. The Hall–Kier alpha value is -1.64. The van der Waals surface area contributed by atoms with Gasteiger partial charge in [0.25, 0.3) is 0 Å². The molecule has 3 nitrogen and oxygen atoms in total. The smallest absolute Gasteiger partial charge is 0.116 e. The van der Waals surface area contributed by atoms with Crippen LogP contribution in [-0.2, 0) is 0 Å². The van der Waals surface area contributed by atoms with Crippen molar-refractivity contribution in [2.75, 3.05) is 0 Å². The van der Waals surface area contributed by atoms with Crippen LogP contribution in [0.15, 0.2) is 30.7 Å². The normalized spacial score (nSPS) is 10.2. The summed E-state index contributed by atoms with van der Waals surface area (Å²) in [7, 11) is 0. The van der Waals surface area contributed by atoms with E-state index >= 15 is 0 Å². The standard InChI is InChI=1S/C8H6N2O/c11-7-1-2-8-6(3-7)4-9-5-10-8/h1-5,11H. The molecule has 1 N–H and O–H groups in total. The van der Waals surface area contributed by atoms with Gasteiger partial charge in [-0.25, -0.2) is 9.97 Å². The van der Waals surface area contributed by atoms with Gasteiger partial charge in [-0.15, -0.1) is 0 Å². The molecular weight excluding hydrogens is 140 g/mol. The number of aromatic nitrogens is 2. The number of phenolic OH excluding ortho intramolecular Hbond substituents is 1. The van der Waals surface area contributed by atoms with E-state index in [2.05, 4.69) is 9.97 Å². The molecule has 0 aliphatic heterocycles. The van der Waals surface area contributed by atoms with Crippen LogP contribution in [0.4, 0.5) is 0 Å². The molecule has 0 amide bonds. The van der Waals surface area contributed by atoms with E-state index in [0.29, 0.717) is 0 Å². The van der Waals surface area contributed by atoms with Crippen LogP contribution in [0.25, 0.3) is 10.9 Å². The minimum Gasteiger partial charge on any atom is -0.508 e. The van der Waals surface area contributed by atoms with Crippen molar-refractivity contribution in [1.82, 2.24) is 9.97 Å². The zero-order chi connectivity index (χ0) is 7.68. The number of hydrogen-bond donors (Lipinski definition) is 1. The largest absolute Gasteiger partial charge is 0.508 e. The van der Waals surface area contributed by atoms with E-state index in [1.165, 1.54) is 6.33 Å². The van der Waals surface area contributed by atoms with Gasteiger partial charge in [0.05, 0.1) is 5.52 Å². The number of hydrogen-bond acceptors (Lipinski definition) is 3. The summed E-state index contributed by atoms with van der Waals surface area (Å²) in [4.78, 5) is 7.83. The Kier molecular flexibility index (Phi) is 1.22. The summed E-state index contributed by atoms with van der Waals surface area (Å²) in [6, 6.07) is 5.00. The SMILES string of the molecule is Oc1ccc2ncncc2c1. The minimum atomic E-state index is 0.243. The summed E-state index contributed by atoms with van der Waals surface area (Å²) in [5, 5.41) is 9.93. The molecule has 0 fully saturated rings. The molecule has 2 rings (SSSR count). The molecule has 0 saturated carbocycles. The number of rotatable bonds is 0. The van der Waals surface area contributed by atoms with Gasteiger partial charge in [0.1, 0.15) is 12.1 Å². The second kappa shape index (κ2) is 2.20. The fourth-order valence-electron chi connectivity index (χ4n) is 0.972. The summed E-state index contributed by atoms with van der Waals surface area (Å²) in [6.07, 6.45) is 3.15. The van der Waals surface area contributed by atoms with Gasteiger partial charge in [0.15, 0.2) is 0 Å². The van der Waals surface area contributed by atoms with Crippen molar-refractivity contribution >= 4 is 10.9 Å². The Morgan fingerprint density at radius 1 is 1.27 bits per heavy atom. The lowest BCUT2D eigenvalue weighted by molar-refractivity contribution is 0.476. The van der Waals surface area contributed by atoms with Gasteiger partial charge in [-0.05, 0) is 18.2 Å². The molecule has 0 unspecified atom stereocenters. The van der Waals surface area contributed by atoms with E-state index in [0.717, 1.165) is 10.9 Å². The van der Waals surface area contributed by atoms with Crippen molar-refractivity contribution in [3.63, 3.8) is 0 Å². The van der Waals surface area contributed by atoms with Crippen molar-refractivity contribution in [2.45, 2.75) is 0 Å². The quantitative estimate of drug-likeness (QED) is 0.610. The third-order valence-electron chi connectivity index (χ3n) is 1.49. The van der Waals surface area contributed by atoms with E-state index in [1.54, 1.807) is 24.4 Å². The monoisotopic (exact) mass is 146 g/mol. The van der Waals surface area contributed by atoms with Crippen molar-refractivity contribution < 1.29 is 5.11 Å². The number of aromatic hydroxyl groups is 1. The predicted octanol–water partition coefficient (Wildman–Crippen LogP) is 1.34. The highest BCUT2D eigenvalue weighted by Crippen LogP contribution is 2.15. The van der Waals surface area contributed by atoms with Crippen molar-refractivity contribution in [3.05, 3.63) is 30.7 Å². The molecule has 0 atom stereocenters. The molecule has 3 heteroatoms. The van der Waals surface area contributed by atoms with E-state index < -0.39 is 0 Å². The summed E-state index contributed by atoms with van der Waals surface area (Å²) >= 11 is 0. The van der Waals surface area contributed by atoms with Gasteiger partial charge in [-0.1, -0.05) is 0 Å². The first-order valence-corrected chi connectivity index (χ1v) is 3.25. The van der Waals surface area contributed by atoms with E-state index in [4.69, 9.17) is 5.11 Å². The van der Waals surface area contributed by atoms with E-state index in [9.17, 15) is 0 Å². The van der Waals surface area contributed by atoms with Gasteiger partial charge in [-0.2, -0.15) is 0 Å². The Balaban J connectivity index is 2.83. The number of phenols is 1. The molecule has 2 aromatic rings. The van der Waals surface area contributed by atoms with Crippen LogP contribution in [0, 0.1) is 0 Å². The van der Waals surface area contributed by atoms with Crippen LogP contribution in [0.5, 0.6) is 5.75 Å². The van der Waals surface area contributed by atoms with Gasteiger partial charge < -0.3 is 5.11 Å². The average Bonchev–Trinajstić information content (AvgIpc) is 2.04. The zero-order valence-corrected chi connectivity index (χ0v) is 5.73. The van der Waals surface area contributed by atoms with E-state index in [-0.39, 0.29) is 5.75 Å². The Morgan fingerprint density at radius 3 is 3.09 bits per heavy atom. The third kappa shape index (κ3) is 1.00. The molecule has 0 aliphatic carbocycles. The van der Waals surface area contributed by atoms with Crippen LogP contribution < -0.4 is 0 Å². The number of nitrogens with zero attached hydrogens (tertiary/aromatic N) is 2. The minimum absolute atomic E-state index is 0.243. The fourth-order valence-corrected chi connectivity index (χ4v) is 0.972. The van der Waals surface area contributed by atoms with Crippen LogP contribution in [0.3, 0.4) is 0 Å². The highest BCUT2D eigenvalue weighted by atomic mass is 16.3. The predicted molar refractivity (Wildman–Crippen MR) is 41.2 cm³/mol. The number of fused-ring (bicyclic) bond motifs is 1. The Bertz CT molecular complexity index is 387. The lowest BCUT2D eigenvalue weighted by Crippen LogP contribution is -1.78. The molecule has 0 radical (unpaired) electrons. The highest BCUT2D eigenvalue weighted by molar-refractivity contribution is 5.78. The molecular formula is C8H6N2O. The molecule has 0 spiro atoms. The molecule has 0 saturated heterocycles. The molecule has 54 valence electrons. The van der Waals surface area contributed by atoms with Crippen LogP contribution in [0.1, 0.15) is 0 Å². The topological polar surface area (TPSA) is 46.0 Å². The first-order valence-electron chi connectivity index (χ1n) is 3.25. The second-order valence-corrected chi connectivity index (χ2v) is 2.27. The van der Waals surface area contributed by atoms with Crippen molar-refractivity contribution in [1.29, 1.82) is 0 Å². The number of benzene rings is 1. The second-order valence-electron chi connectivity index (χ2n) is 2.27. The van der Waals surface area contributed by atoms with Crippen molar-refractivity contribution in [2.24, 2.45) is 0 Å². The molecule has 1 aromatic heterocycles. The van der Waals surface area contributed by atoms with Gasteiger partial charge in [0, 0.05) is 11.6 Å². The van der Waals surface area contributed by atoms with Crippen LogP contribution in [-0.4, -0.2) is 15.1 Å². The third-order valence-corrected chi connectivity index (χ3v) is 1.49. The fraction of sp³-hybridized carbons (Fsp3) is 0. The van der Waals surface area contributed by atoms with Gasteiger partial charge in [-0.3, -0.25) is 0 Å². The molecule has 1 heterocycles. The van der Waals surface area contributed by atoms with Gasteiger partial charge >= 0.3 is 0 Å².